The molecule has 6 heteroatoms. The van der Waals surface area contributed by atoms with Gasteiger partial charge in [0.2, 0.25) is 5.91 Å². The van der Waals surface area contributed by atoms with E-state index in [0.717, 1.165) is 11.3 Å². The molecular formula is C19H21N3O3. The summed E-state index contributed by atoms with van der Waals surface area (Å²) < 4.78 is 5.55. The summed E-state index contributed by atoms with van der Waals surface area (Å²) in [6, 6.07) is 13.3. The van der Waals surface area contributed by atoms with Crippen molar-refractivity contribution in [3.63, 3.8) is 0 Å². The molecule has 3 rings (SSSR count). The highest BCUT2D eigenvalue weighted by Crippen LogP contribution is 2.11. The van der Waals surface area contributed by atoms with E-state index in [1.54, 1.807) is 23.2 Å². The minimum atomic E-state index is -0.215. The molecule has 1 atom stereocenters. The lowest BCUT2D eigenvalue weighted by atomic mass is 10.1. The van der Waals surface area contributed by atoms with Gasteiger partial charge in [-0.05, 0) is 24.6 Å². The van der Waals surface area contributed by atoms with Crippen LogP contribution in [0.15, 0.2) is 48.7 Å². The average Bonchev–Trinajstić information content (AvgIpc) is 2.63. The third-order valence-electron chi connectivity index (χ3n) is 4.08. The summed E-state index contributed by atoms with van der Waals surface area (Å²) in [4.78, 5) is 30.1. The predicted octanol–water partition coefficient (Wildman–Crippen LogP) is 1.55. The summed E-state index contributed by atoms with van der Waals surface area (Å²) in [6.45, 7) is 3.26. The van der Waals surface area contributed by atoms with E-state index in [1.165, 1.54) is 0 Å². The molecule has 0 spiro atoms. The number of amides is 2. The number of pyridine rings is 1. The van der Waals surface area contributed by atoms with Gasteiger partial charge in [-0.1, -0.05) is 30.3 Å². The molecule has 0 saturated carbocycles. The van der Waals surface area contributed by atoms with E-state index < -0.39 is 0 Å². The SMILES string of the molecule is Cc1cc(C(=O)NCC2CN(Cc3ccccc3)C(=O)CO2)ccn1. The van der Waals surface area contributed by atoms with Crippen LogP contribution in [0.4, 0.5) is 0 Å². The van der Waals surface area contributed by atoms with Crippen molar-refractivity contribution in [3.8, 4) is 0 Å². The Bertz CT molecular complexity index is 749. The first kappa shape index (κ1) is 17.1. The van der Waals surface area contributed by atoms with Crippen molar-refractivity contribution >= 4 is 11.8 Å². The predicted molar refractivity (Wildman–Crippen MR) is 92.9 cm³/mol. The van der Waals surface area contributed by atoms with Gasteiger partial charge in [-0.25, -0.2) is 0 Å². The Morgan fingerprint density at radius 1 is 1.32 bits per heavy atom. The normalized spacial score (nSPS) is 17.4. The van der Waals surface area contributed by atoms with Gasteiger partial charge in [0.1, 0.15) is 6.61 Å². The fraction of sp³-hybridized carbons (Fsp3) is 0.316. The number of hydrogen-bond donors (Lipinski definition) is 1. The van der Waals surface area contributed by atoms with E-state index in [2.05, 4.69) is 10.3 Å². The quantitative estimate of drug-likeness (QED) is 0.897. The lowest BCUT2D eigenvalue weighted by Gasteiger charge is -2.33. The van der Waals surface area contributed by atoms with Crippen molar-refractivity contribution in [2.24, 2.45) is 0 Å². The fourth-order valence-electron chi connectivity index (χ4n) is 2.76. The van der Waals surface area contributed by atoms with E-state index in [4.69, 9.17) is 4.74 Å². The van der Waals surface area contributed by atoms with Gasteiger partial charge in [0.25, 0.3) is 5.91 Å². The van der Waals surface area contributed by atoms with Gasteiger partial charge in [-0.15, -0.1) is 0 Å². The van der Waals surface area contributed by atoms with E-state index in [-0.39, 0.29) is 24.5 Å². The van der Waals surface area contributed by atoms with Crippen LogP contribution in [0.5, 0.6) is 0 Å². The number of hydrogen-bond acceptors (Lipinski definition) is 4. The van der Waals surface area contributed by atoms with Crippen LogP contribution >= 0.6 is 0 Å². The third kappa shape index (κ3) is 4.64. The molecule has 1 saturated heterocycles. The number of ether oxygens (including phenoxy) is 1. The van der Waals surface area contributed by atoms with Crippen molar-refractivity contribution in [1.29, 1.82) is 0 Å². The van der Waals surface area contributed by atoms with Gasteiger partial charge in [-0.3, -0.25) is 14.6 Å². The van der Waals surface area contributed by atoms with Crippen LogP contribution < -0.4 is 5.32 Å². The molecule has 6 nitrogen and oxygen atoms in total. The summed E-state index contributed by atoms with van der Waals surface area (Å²) in [5.74, 6) is -0.197. The lowest BCUT2D eigenvalue weighted by molar-refractivity contribution is -0.149. The van der Waals surface area contributed by atoms with E-state index in [0.29, 0.717) is 25.2 Å². The first-order valence-electron chi connectivity index (χ1n) is 8.26. The molecule has 2 aromatic rings. The van der Waals surface area contributed by atoms with Gasteiger partial charge in [0.05, 0.1) is 6.10 Å². The zero-order chi connectivity index (χ0) is 17.6. The largest absolute Gasteiger partial charge is 0.365 e. The van der Waals surface area contributed by atoms with E-state index in [9.17, 15) is 9.59 Å². The Morgan fingerprint density at radius 3 is 2.88 bits per heavy atom. The number of aromatic nitrogens is 1. The molecule has 1 fully saturated rings. The van der Waals surface area contributed by atoms with Gasteiger partial charge >= 0.3 is 0 Å². The molecule has 2 amide bonds. The molecule has 1 aliphatic rings. The highest BCUT2D eigenvalue weighted by atomic mass is 16.5. The Hall–Kier alpha value is -2.73. The van der Waals surface area contributed by atoms with Crippen LogP contribution in [0.2, 0.25) is 0 Å². The Morgan fingerprint density at radius 2 is 2.12 bits per heavy atom. The number of carbonyl (C=O) groups excluding carboxylic acids is 2. The molecule has 1 aromatic carbocycles. The van der Waals surface area contributed by atoms with Crippen LogP contribution in [0.1, 0.15) is 21.6 Å². The van der Waals surface area contributed by atoms with Crippen molar-refractivity contribution in [2.75, 3.05) is 19.7 Å². The smallest absolute Gasteiger partial charge is 0.251 e. The van der Waals surface area contributed by atoms with Crippen LogP contribution in [0.3, 0.4) is 0 Å². The maximum atomic E-state index is 12.2. The first-order valence-corrected chi connectivity index (χ1v) is 8.26. The molecule has 1 unspecified atom stereocenters. The molecule has 0 radical (unpaired) electrons. The summed E-state index contributed by atoms with van der Waals surface area (Å²) >= 11 is 0. The highest BCUT2D eigenvalue weighted by Gasteiger charge is 2.26. The molecule has 1 aromatic heterocycles. The Labute approximate surface area is 146 Å². The van der Waals surface area contributed by atoms with Crippen LogP contribution in [0, 0.1) is 6.92 Å². The second-order valence-electron chi connectivity index (χ2n) is 6.09. The molecule has 0 bridgehead atoms. The molecule has 130 valence electrons. The number of nitrogens with zero attached hydrogens (tertiary/aromatic N) is 2. The summed E-state index contributed by atoms with van der Waals surface area (Å²) in [6.07, 6.45) is 1.40. The number of carbonyl (C=O) groups is 2. The van der Waals surface area contributed by atoms with Crippen LogP contribution in [-0.4, -0.2) is 47.5 Å². The van der Waals surface area contributed by atoms with Gasteiger partial charge in [0, 0.05) is 37.1 Å². The van der Waals surface area contributed by atoms with Gasteiger partial charge < -0.3 is 15.0 Å². The van der Waals surface area contributed by atoms with E-state index in [1.807, 2.05) is 37.3 Å². The monoisotopic (exact) mass is 339 g/mol. The molecular weight excluding hydrogens is 318 g/mol. The first-order chi connectivity index (χ1) is 12.1. The Kier molecular flexibility index (Phi) is 5.40. The second-order valence-corrected chi connectivity index (χ2v) is 6.09. The zero-order valence-corrected chi connectivity index (χ0v) is 14.1. The fourth-order valence-corrected chi connectivity index (χ4v) is 2.76. The summed E-state index contributed by atoms with van der Waals surface area (Å²) in [7, 11) is 0. The lowest BCUT2D eigenvalue weighted by Crippen LogP contribution is -2.50. The van der Waals surface area contributed by atoms with Crippen molar-refractivity contribution in [1.82, 2.24) is 15.2 Å². The van der Waals surface area contributed by atoms with Crippen molar-refractivity contribution in [3.05, 3.63) is 65.5 Å². The molecule has 25 heavy (non-hydrogen) atoms. The van der Waals surface area contributed by atoms with Gasteiger partial charge in [0.15, 0.2) is 0 Å². The van der Waals surface area contributed by atoms with Crippen molar-refractivity contribution in [2.45, 2.75) is 19.6 Å². The van der Waals surface area contributed by atoms with Crippen LogP contribution in [0.25, 0.3) is 0 Å². The maximum Gasteiger partial charge on any atom is 0.251 e. The summed E-state index contributed by atoms with van der Waals surface area (Å²) in [5.41, 5.74) is 2.44. The number of rotatable bonds is 5. The number of morpholine rings is 1. The molecule has 0 aliphatic carbocycles. The molecule has 1 aliphatic heterocycles. The second kappa shape index (κ2) is 7.90. The van der Waals surface area contributed by atoms with Crippen LogP contribution in [-0.2, 0) is 16.1 Å². The zero-order valence-electron chi connectivity index (χ0n) is 14.1. The standard InChI is InChI=1S/C19H21N3O3/c1-14-9-16(7-8-20-14)19(24)21-10-17-12-22(18(23)13-25-17)11-15-5-3-2-4-6-15/h2-9,17H,10-13H2,1H3,(H,21,24). The summed E-state index contributed by atoms with van der Waals surface area (Å²) in [5, 5.41) is 2.87. The third-order valence-corrected chi connectivity index (χ3v) is 4.08. The topological polar surface area (TPSA) is 71.5 Å². The highest BCUT2D eigenvalue weighted by molar-refractivity contribution is 5.94. The Balaban J connectivity index is 1.54. The average molecular weight is 339 g/mol. The number of aryl methyl sites for hydroxylation is 1. The minimum absolute atomic E-state index is 0.0313. The minimum Gasteiger partial charge on any atom is -0.365 e. The van der Waals surface area contributed by atoms with Gasteiger partial charge in [-0.2, -0.15) is 0 Å². The molecule has 1 N–H and O–H groups in total. The number of nitrogens with one attached hydrogen (secondary N) is 1. The number of benzene rings is 1. The molecule has 2 heterocycles. The van der Waals surface area contributed by atoms with E-state index >= 15 is 0 Å². The van der Waals surface area contributed by atoms with Crippen molar-refractivity contribution < 1.29 is 14.3 Å². The maximum absolute atomic E-state index is 12.2.